The third-order valence-corrected chi connectivity index (χ3v) is 3.89. The fourth-order valence-corrected chi connectivity index (χ4v) is 2.75. The Morgan fingerprint density at radius 2 is 2.15 bits per heavy atom. The van der Waals surface area contributed by atoms with Crippen molar-refractivity contribution in [2.75, 3.05) is 20.1 Å². The minimum Gasteiger partial charge on any atom is -0.361 e. The van der Waals surface area contributed by atoms with E-state index < -0.39 is 0 Å². The van der Waals surface area contributed by atoms with Crippen molar-refractivity contribution in [3.05, 3.63) is 52.9 Å². The van der Waals surface area contributed by atoms with Gasteiger partial charge in [0.05, 0.1) is 0 Å². The molecule has 0 spiro atoms. The van der Waals surface area contributed by atoms with Gasteiger partial charge < -0.3 is 9.84 Å². The summed E-state index contributed by atoms with van der Waals surface area (Å²) in [5.41, 5.74) is 3.75. The van der Waals surface area contributed by atoms with Crippen LogP contribution < -0.4 is 5.32 Å². The SMILES string of the molecule is CNCc1noc2c1CN(CCc1ccccc1)CC2. The Bertz CT molecular complexity index is 550. The smallest absolute Gasteiger partial charge is 0.142 e. The number of fused-ring (bicyclic) bond motifs is 1. The molecule has 0 amide bonds. The van der Waals surface area contributed by atoms with E-state index in [4.69, 9.17) is 4.52 Å². The van der Waals surface area contributed by atoms with Crippen LogP contribution >= 0.6 is 0 Å². The Hall–Kier alpha value is -1.65. The Labute approximate surface area is 119 Å². The first-order chi connectivity index (χ1) is 9.86. The third-order valence-electron chi connectivity index (χ3n) is 3.89. The van der Waals surface area contributed by atoms with Crippen LogP contribution in [0.15, 0.2) is 34.9 Å². The topological polar surface area (TPSA) is 41.3 Å². The van der Waals surface area contributed by atoms with E-state index >= 15 is 0 Å². The van der Waals surface area contributed by atoms with E-state index in [2.05, 4.69) is 45.7 Å². The lowest BCUT2D eigenvalue weighted by Crippen LogP contribution is -2.32. The Morgan fingerprint density at radius 3 is 2.95 bits per heavy atom. The lowest BCUT2D eigenvalue weighted by molar-refractivity contribution is 0.239. The second-order valence-corrected chi connectivity index (χ2v) is 5.32. The van der Waals surface area contributed by atoms with Crippen LogP contribution in [0, 0.1) is 0 Å². The number of nitrogens with one attached hydrogen (secondary N) is 1. The van der Waals surface area contributed by atoms with Gasteiger partial charge >= 0.3 is 0 Å². The molecule has 0 unspecified atom stereocenters. The molecule has 0 fully saturated rings. The van der Waals surface area contributed by atoms with Crippen molar-refractivity contribution in [2.24, 2.45) is 0 Å². The molecule has 2 aromatic rings. The van der Waals surface area contributed by atoms with Crippen LogP contribution in [0.3, 0.4) is 0 Å². The standard InChI is InChI=1S/C16H21N3O/c1-17-11-15-14-12-19(10-8-16(14)20-18-15)9-7-13-5-3-2-4-6-13/h2-6,17H,7-12H2,1H3. The predicted molar refractivity (Wildman–Crippen MR) is 78.4 cm³/mol. The molecule has 106 valence electrons. The molecule has 20 heavy (non-hydrogen) atoms. The van der Waals surface area contributed by atoms with Crippen molar-refractivity contribution in [1.29, 1.82) is 0 Å². The summed E-state index contributed by atoms with van der Waals surface area (Å²) in [6.07, 6.45) is 2.07. The largest absolute Gasteiger partial charge is 0.361 e. The highest BCUT2D eigenvalue weighted by Gasteiger charge is 2.23. The van der Waals surface area contributed by atoms with E-state index in [0.717, 1.165) is 50.5 Å². The fraction of sp³-hybridized carbons (Fsp3) is 0.438. The van der Waals surface area contributed by atoms with E-state index in [1.807, 2.05) is 7.05 Å². The first-order valence-electron chi connectivity index (χ1n) is 7.24. The van der Waals surface area contributed by atoms with Crippen LogP contribution in [0.4, 0.5) is 0 Å². The van der Waals surface area contributed by atoms with Crippen LogP contribution in [0.25, 0.3) is 0 Å². The van der Waals surface area contributed by atoms with Crippen LogP contribution in [0.5, 0.6) is 0 Å². The molecule has 0 saturated heterocycles. The predicted octanol–water partition coefficient (Wildman–Crippen LogP) is 1.99. The quantitative estimate of drug-likeness (QED) is 0.903. The lowest BCUT2D eigenvalue weighted by Gasteiger charge is -2.26. The van der Waals surface area contributed by atoms with Crippen molar-refractivity contribution in [1.82, 2.24) is 15.4 Å². The Balaban J connectivity index is 1.61. The van der Waals surface area contributed by atoms with Crippen molar-refractivity contribution in [3.8, 4) is 0 Å². The summed E-state index contributed by atoms with van der Waals surface area (Å²) in [4.78, 5) is 2.49. The van der Waals surface area contributed by atoms with Gasteiger partial charge in [0.1, 0.15) is 11.5 Å². The van der Waals surface area contributed by atoms with Gasteiger partial charge in [-0.2, -0.15) is 0 Å². The number of hydrogen-bond donors (Lipinski definition) is 1. The van der Waals surface area contributed by atoms with Gasteiger partial charge in [0.15, 0.2) is 0 Å². The van der Waals surface area contributed by atoms with Crippen molar-refractivity contribution in [2.45, 2.75) is 25.9 Å². The second-order valence-electron chi connectivity index (χ2n) is 5.32. The van der Waals surface area contributed by atoms with E-state index in [1.165, 1.54) is 11.1 Å². The minimum atomic E-state index is 0.783. The van der Waals surface area contributed by atoms with Crippen molar-refractivity contribution < 1.29 is 4.52 Å². The molecule has 4 nitrogen and oxygen atoms in total. The Morgan fingerprint density at radius 1 is 1.30 bits per heavy atom. The molecule has 0 bridgehead atoms. The number of hydrogen-bond acceptors (Lipinski definition) is 4. The lowest BCUT2D eigenvalue weighted by atomic mass is 10.0. The molecule has 1 aliphatic rings. The summed E-state index contributed by atoms with van der Waals surface area (Å²) in [5, 5.41) is 7.33. The van der Waals surface area contributed by atoms with Gasteiger partial charge in [-0.1, -0.05) is 35.5 Å². The zero-order valence-electron chi connectivity index (χ0n) is 11.9. The van der Waals surface area contributed by atoms with Gasteiger partial charge in [-0.3, -0.25) is 4.90 Å². The molecule has 0 saturated carbocycles. The summed E-state index contributed by atoms with van der Waals surface area (Å²) in [6.45, 7) is 3.90. The summed E-state index contributed by atoms with van der Waals surface area (Å²) in [6, 6.07) is 10.7. The molecular formula is C16H21N3O. The van der Waals surface area contributed by atoms with Crippen LogP contribution in [-0.2, 0) is 25.9 Å². The zero-order chi connectivity index (χ0) is 13.8. The molecule has 2 heterocycles. The molecule has 4 heteroatoms. The average Bonchev–Trinajstić information content (AvgIpc) is 2.89. The van der Waals surface area contributed by atoms with Gasteiger partial charge in [0.2, 0.25) is 0 Å². The summed E-state index contributed by atoms with van der Waals surface area (Å²) < 4.78 is 5.43. The fourth-order valence-electron chi connectivity index (χ4n) is 2.75. The first kappa shape index (κ1) is 13.3. The van der Waals surface area contributed by atoms with Gasteiger partial charge in [-0.15, -0.1) is 0 Å². The van der Waals surface area contributed by atoms with Gasteiger partial charge in [0, 0.05) is 38.2 Å². The van der Waals surface area contributed by atoms with Crippen molar-refractivity contribution in [3.63, 3.8) is 0 Å². The highest BCUT2D eigenvalue weighted by molar-refractivity contribution is 5.25. The molecule has 3 rings (SSSR count). The molecule has 0 aliphatic carbocycles. The highest BCUT2D eigenvalue weighted by atomic mass is 16.5. The number of nitrogens with zero attached hydrogens (tertiary/aromatic N) is 2. The number of rotatable bonds is 5. The average molecular weight is 271 g/mol. The molecular weight excluding hydrogens is 250 g/mol. The normalized spacial score (nSPS) is 15.2. The maximum atomic E-state index is 5.43. The molecule has 1 aromatic carbocycles. The van der Waals surface area contributed by atoms with E-state index in [0.29, 0.717) is 0 Å². The van der Waals surface area contributed by atoms with E-state index in [1.54, 1.807) is 0 Å². The molecule has 1 aromatic heterocycles. The summed E-state index contributed by atoms with van der Waals surface area (Å²) in [5.74, 6) is 1.08. The number of benzene rings is 1. The molecule has 1 N–H and O–H groups in total. The van der Waals surface area contributed by atoms with Crippen LogP contribution in [0.1, 0.15) is 22.6 Å². The van der Waals surface area contributed by atoms with Gasteiger partial charge in [-0.05, 0) is 19.0 Å². The Kier molecular flexibility index (Phi) is 4.14. The van der Waals surface area contributed by atoms with Crippen LogP contribution in [0.2, 0.25) is 0 Å². The molecule has 1 aliphatic heterocycles. The maximum absolute atomic E-state index is 5.43. The number of aromatic nitrogens is 1. The van der Waals surface area contributed by atoms with Crippen LogP contribution in [-0.4, -0.2) is 30.2 Å². The van der Waals surface area contributed by atoms with Crippen molar-refractivity contribution >= 4 is 0 Å². The third kappa shape index (κ3) is 2.92. The van der Waals surface area contributed by atoms with Gasteiger partial charge in [0.25, 0.3) is 0 Å². The zero-order valence-corrected chi connectivity index (χ0v) is 11.9. The summed E-state index contributed by atoms with van der Waals surface area (Å²) >= 11 is 0. The minimum absolute atomic E-state index is 0.783. The highest BCUT2D eigenvalue weighted by Crippen LogP contribution is 2.22. The van der Waals surface area contributed by atoms with E-state index in [-0.39, 0.29) is 0 Å². The second kappa shape index (κ2) is 6.20. The molecule has 0 atom stereocenters. The molecule has 0 radical (unpaired) electrons. The van der Waals surface area contributed by atoms with E-state index in [9.17, 15) is 0 Å². The van der Waals surface area contributed by atoms with Gasteiger partial charge in [-0.25, -0.2) is 0 Å². The first-order valence-corrected chi connectivity index (χ1v) is 7.24. The monoisotopic (exact) mass is 271 g/mol. The summed E-state index contributed by atoms with van der Waals surface area (Å²) in [7, 11) is 1.94. The maximum Gasteiger partial charge on any atom is 0.142 e.